The molecule has 6 heteroatoms. The van der Waals surface area contributed by atoms with Crippen LogP contribution in [0.1, 0.15) is 24.9 Å². The van der Waals surface area contributed by atoms with Gasteiger partial charge >= 0.3 is 0 Å². The number of carbonyl (C=O) groups excluding carboxylic acids is 1. The van der Waals surface area contributed by atoms with Crippen molar-refractivity contribution in [1.29, 1.82) is 0 Å². The van der Waals surface area contributed by atoms with E-state index in [1.165, 1.54) is 0 Å². The van der Waals surface area contributed by atoms with Crippen molar-refractivity contribution < 1.29 is 4.79 Å². The molecule has 0 aliphatic carbocycles. The predicted molar refractivity (Wildman–Crippen MR) is 91.2 cm³/mol. The van der Waals surface area contributed by atoms with Crippen LogP contribution in [0.2, 0.25) is 0 Å². The summed E-state index contributed by atoms with van der Waals surface area (Å²) in [5, 5.41) is 0. The molecule has 0 aromatic heterocycles. The number of nitrogens with two attached hydrogens (primary N) is 1. The van der Waals surface area contributed by atoms with E-state index in [0.717, 1.165) is 38.3 Å². The summed E-state index contributed by atoms with van der Waals surface area (Å²) >= 11 is 0. The van der Waals surface area contributed by atoms with Gasteiger partial charge in [0, 0.05) is 38.6 Å². The molecule has 21 heavy (non-hydrogen) atoms. The number of amides is 1. The maximum atomic E-state index is 12.2. The van der Waals surface area contributed by atoms with Gasteiger partial charge in [0.15, 0.2) is 0 Å². The van der Waals surface area contributed by atoms with Gasteiger partial charge < -0.3 is 15.5 Å². The monoisotopic (exact) mass is 333 g/mol. The summed E-state index contributed by atoms with van der Waals surface area (Å²) in [6, 6.07) is 9.64. The van der Waals surface area contributed by atoms with Crippen LogP contribution in [-0.4, -0.2) is 48.4 Å². The van der Waals surface area contributed by atoms with Crippen LogP contribution in [0.25, 0.3) is 0 Å². The number of benzene rings is 1. The number of nitrogens with zero attached hydrogens (tertiary/aromatic N) is 2. The van der Waals surface area contributed by atoms with E-state index < -0.39 is 0 Å². The zero-order valence-electron chi connectivity index (χ0n) is 12.4. The van der Waals surface area contributed by atoms with Crippen LogP contribution >= 0.6 is 24.8 Å². The van der Waals surface area contributed by atoms with Gasteiger partial charge in [-0.1, -0.05) is 37.3 Å². The number of rotatable bonds is 4. The number of likely N-dealkylation sites (N-methyl/N-ethyl adjacent to an activating group) is 1. The smallest absolute Gasteiger partial charge is 0.224 e. The van der Waals surface area contributed by atoms with E-state index in [-0.39, 0.29) is 36.8 Å². The molecular weight excluding hydrogens is 309 g/mol. The first kappa shape index (κ1) is 20.2. The molecule has 0 spiro atoms. The minimum atomic E-state index is -0.196. The van der Waals surface area contributed by atoms with Gasteiger partial charge in [-0.15, -0.1) is 24.8 Å². The van der Waals surface area contributed by atoms with E-state index in [1.54, 1.807) is 0 Å². The molecule has 1 amide bonds. The van der Waals surface area contributed by atoms with E-state index in [4.69, 9.17) is 5.73 Å². The van der Waals surface area contributed by atoms with Crippen LogP contribution in [0.4, 0.5) is 0 Å². The molecule has 1 unspecified atom stereocenters. The maximum Gasteiger partial charge on any atom is 0.224 e. The average Bonchev–Trinajstić information content (AvgIpc) is 2.48. The third-order valence-corrected chi connectivity index (χ3v) is 3.79. The predicted octanol–water partition coefficient (Wildman–Crippen LogP) is 2.08. The molecule has 120 valence electrons. The molecule has 1 atom stereocenters. The van der Waals surface area contributed by atoms with Gasteiger partial charge in [-0.25, -0.2) is 0 Å². The SMILES string of the molecule is CCN1CCN(C(=O)CC(N)c2ccccc2)CC1.Cl.Cl. The first-order valence-electron chi connectivity index (χ1n) is 7.01. The van der Waals surface area contributed by atoms with E-state index >= 15 is 0 Å². The number of hydrogen-bond donors (Lipinski definition) is 1. The Kier molecular flexibility index (Phi) is 9.62. The van der Waals surface area contributed by atoms with Crippen LogP contribution in [0, 0.1) is 0 Å². The highest BCUT2D eigenvalue weighted by Gasteiger charge is 2.22. The molecule has 1 aliphatic heterocycles. The molecule has 2 rings (SSSR count). The second kappa shape index (κ2) is 10.0. The van der Waals surface area contributed by atoms with Crippen molar-refractivity contribution in [2.24, 2.45) is 5.73 Å². The summed E-state index contributed by atoms with van der Waals surface area (Å²) in [4.78, 5) is 16.5. The van der Waals surface area contributed by atoms with Gasteiger partial charge in [0.2, 0.25) is 5.91 Å². The molecule has 0 radical (unpaired) electrons. The second-order valence-corrected chi connectivity index (χ2v) is 5.04. The van der Waals surface area contributed by atoms with Crippen LogP contribution in [0.3, 0.4) is 0 Å². The molecule has 1 fully saturated rings. The number of halogens is 2. The summed E-state index contributed by atoms with van der Waals surface area (Å²) in [7, 11) is 0. The molecule has 1 heterocycles. The number of hydrogen-bond acceptors (Lipinski definition) is 3. The Morgan fingerprint density at radius 3 is 2.24 bits per heavy atom. The number of piperazine rings is 1. The van der Waals surface area contributed by atoms with Crippen molar-refractivity contribution in [1.82, 2.24) is 9.80 Å². The number of carbonyl (C=O) groups is 1. The first-order valence-corrected chi connectivity index (χ1v) is 7.01. The Hall–Kier alpha value is -0.810. The van der Waals surface area contributed by atoms with Crippen molar-refractivity contribution >= 4 is 30.7 Å². The minimum Gasteiger partial charge on any atom is -0.340 e. The first-order chi connectivity index (χ1) is 9.20. The summed E-state index contributed by atoms with van der Waals surface area (Å²) < 4.78 is 0. The lowest BCUT2D eigenvalue weighted by atomic mass is 10.0. The maximum absolute atomic E-state index is 12.2. The summed E-state index contributed by atoms with van der Waals surface area (Å²) in [6.45, 7) is 6.82. The molecule has 1 saturated heterocycles. The Morgan fingerprint density at radius 1 is 1.14 bits per heavy atom. The van der Waals surface area contributed by atoms with Crippen LogP contribution in [0.15, 0.2) is 30.3 Å². The second-order valence-electron chi connectivity index (χ2n) is 5.04. The fourth-order valence-electron chi connectivity index (χ4n) is 2.45. The van der Waals surface area contributed by atoms with E-state index in [2.05, 4.69) is 11.8 Å². The Morgan fingerprint density at radius 2 is 1.71 bits per heavy atom. The topological polar surface area (TPSA) is 49.6 Å². The highest BCUT2D eigenvalue weighted by atomic mass is 35.5. The molecular formula is C15H25Cl2N3O. The Bertz CT molecular complexity index is 409. The summed E-state index contributed by atoms with van der Waals surface area (Å²) in [5.74, 6) is 0.173. The third-order valence-electron chi connectivity index (χ3n) is 3.79. The average molecular weight is 334 g/mol. The van der Waals surface area contributed by atoms with Crippen molar-refractivity contribution in [3.63, 3.8) is 0 Å². The lowest BCUT2D eigenvalue weighted by Gasteiger charge is -2.34. The lowest BCUT2D eigenvalue weighted by molar-refractivity contribution is -0.133. The van der Waals surface area contributed by atoms with Gasteiger partial charge in [0.1, 0.15) is 0 Å². The molecule has 4 nitrogen and oxygen atoms in total. The van der Waals surface area contributed by atoms with Gasteiger partial charge in [-0.2, -0.15) is 0 Å². The molecule has 2 N–H and O–H groups in total. The van der Waals surface area contributed by atoms with Crippen LogP contribution in [0.5, 0.6) is 0 Å². The van der Waals surface area contributed by atoms with Gasteiger partial charge in [0.25, 0.3) is 0 Å². The fraction of sp³-hybridized carbons (Fsp3) is 0.533. The summed E-state index contributed by atoms with van der Waals surface area (Å²) in [6.07, 6.45) is 0.399. The molecule has 1 aromatic rings. The van der Waals surface area contributed by atoms with Crippen molar-refractivity contribution in [2.75, 3.05) is 32.7 Å². The zero-order valence-corrected chi connectivity index (χ0v) is 14.0. The van der Waals surface area contributed by atoms with Crippen molar-refractivity contribution in [2.45, 2.75) is 19.4 Å². The standard InChI is InChI=1S/C15H23N3O.2ClH/c1-2-17-8-10-18(11-9-17)15(19)12-14(16)13-6-4-3-5-7-13;;/h3-7,14H,2,8-12,16H2,1H3;2*1H. The lowest BCUT2D eigenvalue weighted by Crippen LogP contribution is -2.48. The highest BCUT2D eigenvalue weighted by Crippen LogP contribution is 2.15. The van der Waals surface area contributed by atoms with E-state index in [1.807, 2.05) is 35.2 Å². The van der Waals surface area contributed by atoms with Crippen LogP contribution in [-0.2, 0) is 4.79 Å². The van der Waals surface area contributed by atoms with Crippen molar-refractivity contribution in [3.8, 4) is 0 Å². The normalized spacial score (nSPS) is 16.6. The Labute approximate surface area is 139 Å². The van der Waals surface area contributed by atoms with E-state index in [9.17, 15) is 4.79 Å². The van der Waals surface area contributed by atoms with E-state index in [0.29, 0.717) is 6.42 Å². The quantitative estimate of drug-likeness (QED) is 0.917. The van der Waals surface area contributed by atoms with Gasteiger partial charge in [-0.3, -0.25) is 4.79 Å². The van der Waals surface area contributed by atoms with Gasteiger partial charge in [0.05, 0.1) is 0 Å². The zero-order chi connectivity index (χ0) is 13.7. The molecule has 0 bridgehead atoms. The van der Waals surface area contributed by atoms with Gasteiger partial charge in [-0.05, 0) is 12.1 Å². The fourth-order valence-corrected chi connectivity index (χ4v) is 2.45. The summed E-state index contributed by atoms with van der Waals surface area (Å²) in [5.41, 5.74) is 7.13. The molecule has 0 saturated carbocycles. The largest absolute Gasteiger partial charge is 0.340 e. The Balaban J connectivity index is 0.00000200. The minimum absolute atomic E-state index is 0. The molecule has 1 aliphatic rings. The molecule has 1 aromatic carbocycles. The highest BCUT2D eigenvalue weighted by molar-refractivity contribution is 5.85. The third kappa shape index (κ3) is 5.83. The van der Waals surface area contributed by atoms with Crippen LogP contribution < -0.4 is 5.73 Å². The van der Waals surface area contributed by atoms with Crippen molar-refractivity contribution in [3.05, 3.63) is 35.9 Å².